The van der Waals surface area contributed by atoms with Crippen LogP contribution in [0.2, 0.25) is 0 Å². The van der Waals surface area contributed by atoms with E-state index in [1.807, 2.05) is 12.1 Å². The number of aromatic amines is 1. The van der Waals surface area contributed by atoms with Crippen LogP contribution < -0.4 is 10.6 Å². The summed E-state index contributed by atoms with van der Waals surface area (Å²) in [6, 6.07) is 4.34. The summed E-state index contributed by atoms with van der Waals surface area (Å²) >= 11 is 3.47. The highest BCUT2D eigenvalue weighted by molar-refractivity contribution is 9.09. The van der Waals surface area contributed by atoms with Crippen molar-refractivity contribution >= 4 is 27.4 Å². The highest BCUT2D eigenvalue weighted by Crippen LogP contribution is 2.28. The van der Waals surface area contributed by atoms with E-state index in [1.165, 1.54) is 23.8 Å². The van der Waals surface area contributed by atoms with Gasteiger partial charge in [-0.25, -0.2) is 9.89 Å². The Morgan fingerprint density at radius 1 is 1.47 bits per heavy atom. The van der Waals surface area contributed by atoms with Crippen LogP contribution in [0.25, 0.3) is 5.65 Å². The van der Waals surface area contributed by atoms with Crippen LogP contribution in [0.1, 0.15) is 25.7 Å². The molecule has 1 N–H and O–H groups in total. The van der Waals surface area contributed by atoms with Gasteiger partial charge in [-0.2, -0.15) is 9.61 Å². The Hall–Kier alpha value is -1.37. The molecular formula is C12H16BrN5O. The molecule has 3 rings (SSSR count). The lowest BCUT2D eigenvalue weighted by molar-refractivity contribution is 0.383. The Kier molecular flexibility index (Phi) is 3.54. The second-order valence-corrected chi connectivity index (χ2v) is 5.60. The largest absolute Gasteiger partial charge is 0.364 e. The van der Waals surface area contributed by atoms with Crippen LogP contribution >= 0.6 is 15.9 Å². The topological polar surface area (TPSA) is 66.3 Å². The van der Waals surface area contributed by atoms with E-state index in [1.54, 1.807) is 0 Å². The van der Waals surface area contributed by atoms with Crippen molar-refractivity contribution < 1.29 is 0 Å². The van der Waals surface area contributed by atoms with Gasteiger partial charge in [0.2, 0.25) is 0 Å². The zero-order valence-corrected chi connectivity index (χ0v) is 12.1. The standard InChI is InChI=1S/C12H16BrN5O/c13-7-2-8-17(9-3-1-4-9)11-6-5-10-14-15-12(19)18(10)16-11/h5-6,9H,1-4,7-8H2,(H,15,19). The molecule has 2 heterocycles. The van der Waals surface area contributed by atoms with Crippen molar-refractivity contribution in [1.82, 2.24) is 19.8 Å². The number of anilines is 1. The lowest BCUT2D eigenvalue weighted by Gasteiger charge is -2.38. The summed E-state index contributed by atoms with van der Waals surface area (Å²) in [5.74, 6) is 0.863. The maximum atomic E-state index is 11.6. The van der Waals surface area contributed by atoms with Crippen molar-refractivity contribution in [3.8, 4) is 0 Å². The Balaban J connectivity index is 1.93. The lowest BCUT2D eigenvalue weighted by atomic mass is 9.91. The van der Waals surface area contributed by atoms with Gasteiger partial charge >= 0.3 is 5.69 Å². The normalized spacial score (nSPS) is 15.6. The van der Waals surface area contributed by atoms with Crippen molar-refractivity contribution in [2.24, 2.45) is 0 Å². The zero-order chi connectivity index (χ0) is 13.2. The van der Waals surface area contributed by atoms with Crippen LogP contribution in [0, 0.1) is 0 Å². The number of nitrogens with zero attached hydrogens (tertiary/aromatic N) is 4. The molecule has 0 amide bonds. The molecule has 102 valence electrons. The van der Waals surface area contributed by atoms with Crippen LogP contribution in [0.5, 0.6) is 0 Å². The van der Waals surface area contributed by atoms with E-state index in [0.29, 0.717) is 11.7 Å². The molecule has 0 radical (unpaired) electrons. The molecular weight excluding hydrogens is 310 g/mol. The Bertz CT molecular complexity index is 618. The number of fused-ring (bicyclic) bond motifs is 1. The molecule has 0 saturated heterocycles. The number of halogens is 1. The predicted molar refractivity (Wildman–Crippen MR) is 77.0 cm³/mol. The minimum atomic E-state index is -0.286. The molecule has 0 atom stereocenters. The first-order chi connectivity index (χ1) is 9.29. The van der Waals surface area contributed by atoms with Gasteiger partial charge in [-0.1, -0.05) is 15.9 Å². The van der Waals surface area contributed by atoms with Gasteiger partial charge < -0.3 is 4.90 Å². The molecule has 6 nitrogen and oxygen atoms in total. The first kappa shape index (κ1) is 12.7. The quantitative estimate of drug-likeness (QED) is 0.847. The third-order valence-corrected chi connectivity index (χ3v) is 4.16. The van der Waals surface area contributed by atoms with Gasteiger partial charge in [-0.3, -0.25) is 0 Å². The highest BCUT2D eigenvalue weighted by atomic mass is 79.9. The minimum absolute atomic E-state index is 0.286. The summed E-state index contributed by atoms with van der Waals surface area (Å²) in [7, 11) is 0. The molecule has 0 bridgehead atoms. The fourth-order valence-electron chi connectivity index (χ4n) is 2.36. The fraction of sp³-hybridized carbons (Fsp3) is 0.583. The van der Waals surface area contributed by atoms with Gasteiger partial charge in [0, 0.05) is 17.9 Å². The lowest BCUT2D eigenvalue weighted by Crippen LogP contribution is -2.41. The molecule has 1 aliphatic carbocycles. The summed E-state index contributed by atoms with van der Waals surface area (Å²) in [6.45, 7) is 0.959. The maximum absolute atomic E-state index is 11.6. The molecule has 0 spiro atoms. The molecule has 1 fully saturated rings. The second kappa shape index (κ2) is 5.32. The van der Waals surface area contributed by atoms with Crippen molar-refractivity contribution in [3.05, 3.63) is 22.6 Å². The summed E-state index contributed by atoms with van der Waals surface area (Å²) in [5.41, 5.74) is 0.272. The van der Waals surface area contributed by atoms with Gasteiger partial charge in [-0.05, 0) is 37.8 Å². The van der Waals surface area contributed by atoms with Crippen molar-refractivity contribution in [3.63, 3.8) is 0 Å². The van der Waals surface area contributed by atoms with Crippen molar-refractivity contribution in [2.75, 3.05) is 16.8 Å². The molecule has 0 aromatic carbocycles. The number of aromatic nitrogens is 4. The fourth-order valence-corrected chi connectivity index (χ4v) is 2.61. The first-order valence-corrected chi connectivity index (χ1v) is 7.69. The average molecular weight is 326 g/mol. The second-order valence-electron chi connectivity index (χ2n) is 4.81. The average Bonchev–Trinajstić information content (AvgIpc) is 2.73. The van der Waals surface area contributed by atoms with Crippen LogP contribution in [-0.2, 0) is 0 Å². The van der Waals surface area contributed by atoms with Gasteiger partial charge in [0.15, 0.2) is 5.65 Å². The number of H-pyrrole nitrogens is 1. The summed E-state index contributed by atoms with van der Waals surface area (Å²) in [4.78, 5) is 13.9. The predicted octanol–water partition coefficient (Wildman–Crippen LogP) is 1.56. The number of hydrogen-bond donors (Lipinski definition) is 1. The SMILES string of the molecule is O=c1[nH]nc2ccc(N(CCCBr)C3CCC3)nn12. The van der Waals surface area contributed by atoms with E-state index in [-0.39, 0.29) is 5.69 Å². The Morgan fingerprint density at radius 3 is 3.00 bits per heavy atom. The van der Waals surface area contributed by atoms with Crippen molar-refractivity contribution in [1.29, 1.82) is 0 Å². The number of rotatable bonds is 5. The van der Waals surface area contributed by atoms with Crippen LogP contribution in [0.4, 0.5) is 5.82 Å². The monoisotopic (exact) mass is 325 g/mol. The zero-order valence-electron chi connectivity index (χ0n) is 10.5. The van der Waals surface area contributed by atoms with Gasteiger partial charge in [-0.15, -0.1) is 5.10 Å². The molecule has 0 aliphatic heterocycles. The molecule has 1 saturated carbocycles. The third kappa shape index (κ3) is 2.39. The summed E-state index contributed by atoms with van der Waals surface area (Å²) < 4.78 is 1.33. The Labute approximate surface area is 118 Å². The highest BCUT2D eigenvalue weighted by Gasteiger charge is 2.26. The van der Waals surface area contributed by atoms with Crippen LogP contribution in [0.15, 0.2) is 16.9 Å². The summed E-state index contributed by atoms with van der Waals surface area (Å²) in [5, 5.41) is 11.7. The molecule has 2 aromatic rings. The van der Waals surface area contributed by atoms with Crippen molar-refractivity contribution in [2.45, 2.75) is 31.7 Å². The molecule has 2 aromatic heterocycles. The van der Waals surface area contributed by atoms with Crippen LogP contribution in [0.3, 0.4) is 0 Å². The van der Waals surface area contributed by atoms with E-state index in [0.717, 1.165) is 24.1 Å². The third-order valence-electron chi connectivity index (χ3n) is 3.60. The number of alkyl halides is 1. The first-order valence-electron chi connectivity index (χ1n) is 6.56. The van der Waals surface area contributed by atoms with Gasteiger partial charge in [0.1, 0.15) is 5.82 Å². The van der Waals surface area contributed by atoms with E-state index in [4.69, 9.17) is 0 Å². The maximum Gasteiger partial charge on any atom is 0.364 e. The van der Waals surface area contributed by atoms with E-state index in [9.17, 15) is 4.79 Å². The smallest absolute Gasteiger partial charge is 0.352 e. The van der Waals surface area contributed by atoms with Gasteiger partial charge in [0.25, 0.3) is 0 Å². The molecule has 19 heavy (non-hydrogen) atoms. The molecule has 7 heteroatoms. The Morgan fingerprint density at radius 2 is 2.32 bits per heavy atom. The van der Waals surface area contributed by atoms with E-state index < -0.39 is 0 Å². The molecule has 0 unspecified atom stereocenters. The van der Waals surface area contributed by atoms with E-state index in [2.05, 4.69) is 36.1 Å². The van der Waals surface area contributed by atoms with Crippen LogP contribution in [-0.4, -0.2) is 37.7 Å². The number of nitrogens with one attached hydrogen (secondary N) is 1. The molecule has 1 aliphatic rings. The summed E-state index contributed by atoms with van der Waals surface area (Å²) in [6.07, 6.45) is 4.77. The minimum Gasteiger partial charge on any atom is -0.352 e. The van der Waals surface area contributed by atoms with Gasteiger partial charge in [0.05, 0.1) is 0 Å². The number of hydrogen-bond acceptors (Lipinski definition) is 4. The van der Waals surface area contributed by atoms with E-state index >= 15 is 0 Å².